The fourth-order valence-electron chi connectivity index (χ4n) is 2.53. The molecule has 1 unspecified atom stereocenters. The SMILES string of the molecule is CCNC(Cc1ncnc2sc(C)c(C)c12)C(C)(C)C. The number of rotatable bonds is 4. The number of thiophene rings is 1. The Morgan fingerprint density at radius 2 is 1.95 bits per heavy atom. The molecule has 0 aliphatic carbocycles. The lowest BCUT2D eigenvalue weighted by Gasteiger charge is -2.31. The number of hydrogen-bond donors (Lipinski definition) is 1. The van der Waals surface area contributed by atoms with Gasteiger partial charge in [-0.3, -0.25) is 0 Å². The minimum atomic E-state index is 0.215. The van der Waals surface area contributed by atoms with E-state index >= 15 is 0 Å². The molecular formula is C16H25N3S. The molecule has 20 heavy (non-hydrogen) atoms. The monoisotopic (exact) mass is 291 g/mol. The lowest BCUT2D eigenvalue weighted by atomic mass is 9.83. The average molecular weight is 291 g/mol. The van der Waals surface area contributed by atoms with E-state index < -0.39 is 0 Å². The summed E-state index contributed by atoms with van der Waals surface area (Å²) in [5.41, 5.74) is 2.73. The van der Waals surface area contributed by atoms with Crippen LogP contribution < -0.4 is 5.32 Å². The van der Waals surface area contributed by atoms with Crippen molar-refractivity contribution in [3.8, 4) is 0 Å². The van der Waals surface area contributed by atoms with Gasteiger partial charge in [0.2, 0.25) is 0 Å². The molecule has 1 N–H and O–H groups in total. The van der Waals surface area contributed by atoms with Crippen LogP contribution in [-0.4, -0.2) is 22.6 Å². The van der Waals surface area contributed by atoms with Gasteiger partial charge in [-0.2, -0.15) is 0 Å². The summed E-state index contributed by atoms with van der Waals surface area (Å²) in [5, 5.41) is 4.87. The maximum Gasteiger partial charge on any atom is 0.127 e. The summed E-state index contributed by atoms with van der Waals surface area (Å²) in [6, 6.07) is 0.421. The number of aromatic nitrogens is 2. The van der Waals surface area contributed by atoms with E-state index in [1.54, 1.807) is 17.7 Å². The van der Waals surface area contributed by atoms with Gasteiger partial charge in [-0.25, -0.2) is 9.97 Å². The van der Waals surface area contributed by atoms with Crippen molar-refractivity contribution in [2.24, 2.45) is 5.41 Å². The molecule has 0 aliphatic heterocycles. The summed E-state index contributed by atoms with van der Waals surface area (Å²) in [6.45, 7) is 14.3. The van der Waals surface area contributed by atoms with Crippen LogP contribution in [0.2, 0.25) is 0 Å². The van der Waals surface area contributed by atoms with Gasteiger partial charge in [0.25, 0.3) is 0 Å². The van der Waals surface area contributed by atoms with E-state index in [1.807, 2.05) is 0 Å². The Hall–Kier alpha value is -1.00. The predicted octanol–water partition coefficient (Wildman–Crippen LogP) is 3.87. The van der Waals surface area contributed by atoms with Crippen molar-refractivity contribution in [1.82, 2.24) is 15.3 Å². The van der Waals surface area contributed by atoms with Gasteiger partial charge < -0.3 is 5.32 Å². The van der Waals surface area contributed by atoms with E-state index in [0.717, 1.165) is 17.8 Å². The van der Waals surface area contributed by atoms with Crippen LogP contribution in [0.3, 0.4) is 0 Å². The molecule has 0 spiro atoms. The van der Waals surface area contributed by atoms with E-state index in [4.69, 9.17) is 0 Å². The first-order chi connectivity index (χ1) is 9.34. The first-order valence-corrected chi connectivity index (χ1v) is 8.09. The van der Waals surface area contributed by atoms with E-state index in [9.17, 15) is 0 Å². The first kappa shape index (κ1) is 15.4. The highest BCUT2D eigenvalue weighted by molar-refractivity contribution is 7.18. The largest absolute Gasteiger partial charge is 0.313 e. The third-order valence-electron chi connectivity index (χ3n) is 3.94. The number of aryl methyl sites for hydroxylation is 2. The van der Waals surface area contributed by atoms with Gasteiger partial charge in [0.15, 0.2) is 0 Å². The summed E-state index contributed by atoms with van der Waals surface area (Å²) in [6.07, 6.45) is 2.66. The second kappa shape index (κ2) is 5.78. The second-order valence-electron chi connectivity index (χ2n) is 6.46. The lowest BCUT2D eigenvalue weighted by molar-refractivity contribution is 0.269. The molecule has 0 fully saturated rings. The maximum atomic E-state index is 4.57. The molecule has 1 atom stereocenters. The van der Waals surface area contributed by atoms with Crippen LogP contribution in [0.1, 0.15) is 43.8 Å². The van der Waals surface area contributed by atoms with Gasteiger partial charge in [-0.15, -0.1) is 11.3 Å². The Morgan fingerprint density at radius 1 is 1.25 bits per heavy atom. The first-order valence-electron chi connectivity index (χ1n) is 7.27. The minimum Gasteiger partial charge on any atom is -0.313 e. The Morgan fingerprint density at radius 3 is 2.55 bits per heavy atom. The van der Waals surface area contributed by atoms with E-state index in [2.05, 4.69) is 56.8 Å². The molecule has 0 bridgehead atoms. The van der Waals surface area contributed by atoms with E-state index in [0.29, 0.717) is 6.04 Å². The molecule has 2 rings (SSSR count). The highest BCUT2D eigenvalue weighted by atomic mass is 32.1. The van der Waals surface area contributed by atoms with Crippen LogP contribution in [-0.2, 0) is 6.42 Å². The van der Waals surface area contributed by atoms with Crippen LogP contribution in [0, 0.1) is 19.3 Å². The zero-order valence-corrected chi connectivity index (χ0v) is 14.2. The molecule has 0 aromatic carbocycles. The minimum absolute atomic E-state index is 0.215. The maximum absolute atomic E-state index is 4.57. The number of nitrogens with one attached hydrogen (secondary N) is 1. The quantitative estimate of drug-likeness (QED) is 0.929. The standard InChI is InChI=1S/C16H25N3S/c1-7-17-13(16(4,5)6)8-12-14-10(2)11(3)20-15(14)19-9-18-12/h9,13,17H,7-8H2,1-6H3. The number of hydrogen-bond acceptors (Lipinski definition) is 4. The molecule has 0 saturated heterocycles. The molecule has 0 saturated carbocycles. The molecule has 0 amide bonds. The zero-order chi connectivity index (χ0) is 14.9. The van der Waals surface area contributed by atoms with E-state index in [-0.39, 0.29) is 5.41 Å². The van der Waals surface area contributed by atoms with Gasteiger partial charge in [0.1, 0.15) is 11.2 Å². The van der Waals surface area contributed by atoms with Gasteiger partial charge in [-0.1, -0.05) is 27.7 Å². The zero-order valence-electron chi connectivity index (χ0n) is 13.4. The van der Waals surface area contributed by atoms with Gasteiger partial charge in [-0.05, 0) is 31.4 Å². The molecule has 0 aliphatic rings. The Labute approximate surface area is 125 Å². The van der Waals surface area contributed by atoms with Gasteiger partial charge >= 0.3 is 0 Å². The normalized spacial score (nSPS) is 13.9. The molecule has 2 heterocycles. The van der Waals surface area contributed by atoms with Crippen molar-refractivity contribution in [2.75, 3.05) is 6.54 Å². The fraction of sp³-hybridized carbons (Fsp3) is 0.625. The van der Waals surface area contributed by atoms with Crippen molar-refractivity contribution >= 4 is 21.6 Å². The molecule has 110 valence electrons. The van der Waals surface area contributed by atoms with Crippen LogP contribution in [0.25, 0.3) is 10.2 Å². The Bertz CT molecular complexity index is 596. The topological polar surface area (TPSA) is 37.8 Å². The van der Waals surface area contributed by atoms with Gasteiger partial charge in [0.05, 0.1) is 5.69 Å². The lowest BCUT2D eigenvalue weighted by Crippen LogP contribution is -2.42. The Balaban J connectivity index is 2.42. The van der Waals surface area contributed by atoms with Crippen LogP contribution in [0.5, 0.6) is 0 Å². The summed E-state index contributed by atoms with van der Waals surface area (Å²) >= 11 is 1.77. The van der Waals surface area contributed by atoms with Crippen molar-refractivity contribution in [3.05, 3.63) is 22.5 Å². The molecule has 0 radical (unpaired) electrons. The van der Waals surface area contributed by atoms with Crippen LogP contribution in [0.15, 0.2) is 6.33 Å². The molecule has 2 aromatic heterocycles. The smallest absolute Gasteiger partial charge is 0.127 e. The molecular weight excluding hydrogens is 266 g/mol. The number of likely N-dealkylation sites (N-methyl/N-ethyl adjacent to an activating group) is 1. The number of fused-ring (bicyclic) bond motifs is 1. The van der Waals surface area contributed by atoms with Crippen molar-refractivity contribution < 1.29 is 0 Å². The predicted molar refractivity (Wildman–Crippen MR) is 87.5 cm³/mol. The van der Waals surface area contributed by atoms with Crippen molar-refractivity contribution in [2.45, 2.75) is 54.0 Å². The van der Waals surface area contributed by atoms with Crippen LogP contribution >= 0.6 is 11.3 Å². The second-order valence-corrected chi connectivity index (χ2v) is 7.67. The molecule has 2 aromatic rings. The fourth-order valence-corrected chi connectivity index (χ4v) is 3.55. The third kappa shape index (κ3) is 3.01. The van der Waals surface area contributed by atoms with Gasteiger partial charge in [0, 0.05) is 22.7 Å². The summed E-state index contributed by atoms with van der Waals surface area (Å²) in [7, 11) is 0. The molecule has 3 nitrogen and oxygen atoms in total. The highest BCUT2D eigenvalue weighted by Gasteiger charge is 2.25. The number of nitrogens with zero attached hydrogens (tertiary/aromatic N) is 2. The highest BCUT2D eigenvalue weighted by Crippen LogP contribution is 2.32. The van der Waals surface area contributed by atoms with Crippen molar-refractivity contribution in [3.63, 3.8) is 0 Å². The summed E-state index contributed by atoms with van der Waals surface area (Å²) < 4.78 is 0. The van der Waals surface area contributed by atoms with E-state index in [1.165, 1.54) is 21.5 Å². The Kier molecular flexibility index (Phi) is 4.45. The average Bonchev–Trinajstić information content (AvgIpc) is 2.64. The van der Waals surface area contributed by atoms with Crippen LogP contribution in [0.4, 0.5) is 0 Å². The summed E-state index contributed by atoms with van der Waals surface area (Å²) in [4.78, 5) is 11.5. The summed E-state index contributed by atoms with van der Waals surface area (Å²) in [5.74, 6) is 0. The molecule has 4 heteroatoms. The third-order valence-corrected chi connectivity index (χ3v) is 5.05. The van der Waals surface area contributed by atoms with Crippen molar-refractivity contribution in [1.29, 1.82) is 0 Å².